The third-order valence-electron chi connectivity index (χ3n) is 4.82. The normalized spacial score (nSPS) is 10.9. The van der Waals surface area contributed by atoms with E-state index >= 15 is 0 Å². The van der Waals surface area contributed by atoms with Crippen LogP contribution in [0.3, 0.4) is 0 Å². The molecule has 0 unspecified atom stereocenters. The molecule has 0 aliphatic carbocycles. The molecule has 0 spiro atoms. The van der Waals surface area contributed by atoms with E-state index in [-0.39, 0.29) is 40.3 Å². The van der Waals surface area contributed by atoms with Gasteiger partial charge in [0.05, 0.1) is 17.7 Å². The molecule has 10 nitrogen and oxygen atoms in total. The average Bonchev–Trinajstić information content (AvgIpc) is 2.85. The lowest BCUT2D eigenvalue weighted by molar-refractivity contribution is -0.662. The molecule has 0 saturated carbocycles. The van der Waals surface area contributed by atoms with Crippen LogP contribution in [0.5, 0.6) is 0 Å². The number of carbonyl (C=O) groups excluding carboxylic acids is 1. The summed E-state index contributed by atoms with van der Waals surface area (Å²) in [4.78, 5) is 30.1. The third kappa shape index (κ3) is 4.34. The number of nitrogen functional groups attached to an aromatic ring is 1. The number of azo groups is 1. The van der Waals surface area contributed by atoms with E-state index in [1.165, 1.54) is 10.7 Å². The number of benzene rings is 2. The molecule has 0 amide bonds. The molecule has 0 aliphatic rings. The summed E-state index contributed by atoms with van der Waals surface area (Å²) in [6.07, 6.45) is 0. The van der Waals surface area contributed by atoms with Crippen LogP contribution >= 0.6 is 0 Å². The van der Waals surface area contributed by atoms with Gasteiger partial charge in [-0.05, 0) is 25.1 Å². The highest BCUT2D eigenvalue weighted by atomic mass is 16.5. The Bertz CT molecular complexity index is 1510. The van der Waals surface area contributed by atoms with Crippen molar-refractivity contribution >= 4 is 39.8 Å². The Morgan fingerprint density at radius 3 is 2.50 bits per heavy atom. The van der Waals surface area contributed by atoms with Gasteiger partial charge in [0.25, 0.3) is 0 Å². The SMILES string of the molecule is CCOC(=O)c1c2cc(C(=C=[N-])N=Nc3ccccc3)nc(N)c2c(=O)[nH][n+]1-c1ccccc1. The molecule has 2 aromatic carbocycles. The van der Waals surface area contributed by atoms with E-state index in [2.05, 4.69) is 20.3 Å². The molecule has 0 radical (unpaired) electrons. The van der Waals surface area contributed by atoms with Gasteiger partial charge in [-0.3, -0.25) is 4.79 Å². The van der Waals surface area contributed by atoms with Crippen LogP contribution in [0.2, 0.25) is 0 Å². The first-order valence-corrected chi connectivity index (χ1v) is 10.3. The number of hydrogen-bond acceptors (Lipinski definition) is 7. The van der Waals surface area contributed by atoms with Gasteiger partial charge in [0.15, 0.2) is 0 Å². The second kappa shape index (κ2) is 9.68. The maximum atomic E-state index is 13.0. The predicted octanol–water partition coefficient (Wildman–Crippen LogP) is 3.32. The minimum absolute atomic E-state index is 0.00345. The van der Waals surface area contributed by atoms with Gasteiger partial charge in [0, 0.05) is 12.1 Å². The number of rotatable bonds is 6. The zero-order chi connectivity index (χ0) is 24.1. The van der Waals surface area contributed by atoms with Gasteiger partial charge >= 0.3 is 17.2 Å². The molecule has 34 heavy (non-hydrogen) atoms. The van der Waals surface area contributed by atoms with E-state index < -0.39 is 11.5 Å². The number of nitrogens with zero attached hydrogens (tertiary/aromatic N) is 5. The molecular formula is C24H19N7O3. The van der Waals surface area contributed by atoms with Crippen molar-refractivity contribution in [2.24, 2.45) is 10.2 Å². The minimum Gasteiger partial charge on any atom is -0.761 e. The van der Waals surface area contributed by atoms with Crippen LogP contribution in [0.15, 0.2) is 81.8 Å². The number of para-hydroxylation sites is 1. The quantitative estimate of drug-likeness (QED) is 0.199. The number of esters is 1. The zero-order valence-electron chi connectivity index (χ0n) is 18.1. The Hall–Kier alpha value is -4.95. The van der Waals surface area contributed by atoms with Gasteiger partial charge in [0.2, 0.25) is 5.69 Å². The lowest BCUT2D eigenvalue weighted by atomic mass is 10.1. The zero-order valence-corrected chi connectivity index (χ0v) is 18.1. The maximum absolute atomic E-state index is 13.0. The molecule has 4 rings (SSSR count). The summed E-state index contributed by atoms with van der Waals surface area (Å²) >= 11 is 0. The molecule has 0 fully saturated rings. The van der Waals surface area contributed by atoms with Crippen molar-refractivity contribution in [1.29, 1.82) is 0 Å². The van der Waals surface area contributed by atoms with Crippen LogP contribution in [-0.2, 0) is 4.74 Å². The smallest absolute Gasteiger partial charge is 0.407 e. The number of ether oxygens (including phenoxy) is 1. The van der Waals surface area contributed by atoms with E-state index in [4.69, 9.17) is 10.5 Å². The highest BCUT2D eigenvalue weighted by Crippen LogP contribution is 2.24. The van der Waals surface area contributed by atoms with Gasteiger partial charge < -0.3 is 15.9 Å². The first-order chi connectivity index (χ1) is 16.5. The lowest BCUT2D eigenvalue weighted by Crippen LogP contribution is -2.47. The minimum atomic E-state index is -0.687. The van der Waals surface area contributed by atoms with Crippen molar-refractivity contribution in [1.82, 2.24) is 10.1 Å². The highest BCUT2D eigenvalue weighted by molar-refractivity contribution is 6.05. The molecule has 4 aromatic rings. The fourth-order valence-electron chi connectivity index (χ4n) is 3.35. The standard InChI is InChI=1S/C24H19N7O3/c1-2-34-24(33)21-17-13-18(19(14-25)29-28-15-9-5-3-6-10-15)27-22(26)20(17)23(32)30-31(21)16-11-7-4-8-12-16/h3-13H,2H2,1H3,(H2,26,27)(H,30,32). The summed E-state index contributed by atoms with van der Waals surface area (Å²) in [6, 6.07) is 19.0. The largest absolute Gasteiger partial charge is 0.761 e. The summed E-state index contributed by atoms with van der Waals surface area (Å²) in [7, 11) is 0. The van der Waals surface area contributed by atoms with Crippen molar-refractivity contribution in [2.45, 2.75) is 6.92 Å². The van der Waals surface area contributed by atoms with Crippen LogP contribution in [0.1, 0.15) is 23.1 Å². The molecule has 0 atom stereocenters. The fourth-order valence-corrected chi connectivity index (χ4v) is 3.35. The Kier molecular flexibility index (Phi) is 6.33. The number of nitrogens with one attached hydrogen (secondary N) is 1. The Labute approximate surface area is 193 Å². The van der Waals surface area contributed by atoms with Gasteiger partial charge in [0.1, 0.15) is 22.6 Å². The summed E-state index contributed by atoms with van der Waals surface area (Å²) in [5, 5.41) is 20.5. The summed E-state index contributed by atoms with van der Waals surface area (Å²) in [6.45, 7) is 1.79. The number of hydrogen-bond donors (Lipinski definition) is 2. The van der Waals surface area contributed by atoms with Crippen LogP contribution in [-0.4, -0.2) is 28.5 Å². The van der Waals surface area contributed by atoms with E-state index in [1.807, 2.05) is 11.9 Å². The van der Waals surface area contributed by atoms with Crippen molar-refractivity contribution in [3.05, 3.63) is 93.9 Å². The number of fused-ring (bicyclic) bond motifs is 1. The topological polar surface area (TPSA) is 149 Å². The number of pyridine rings is 1. The summed E-state index contributed by atoms with van der Waals surface area (Å²) in [5.41, 5.74) is 6.54. The lowest BCUT2D eigenvalue weighted by Gasteiger charge is -2.09. The molecule has 2 aromatic heterocycles. The fraction of sp³-hybridized carbons (Fsp3) is 0.0833. The van der Waals surface area contributed by atoms with Gasteiger partial charge in [-0.25, -0.2) is 15.6 Å². The molecular weight excluding hydrogens is 434 g/mol. The number of H-pyrrole nitrogens is 1. The van der Waals surface area contributed by atoms with Crippen molar-refractivity contribution in [2.75, 3.05) is 12.3 Å². The molecule has 168 valence electrons. The van der Waals surface area contributed by atoms with Crippen molar-refractivity contribution in [3.8, 4) is 5.69 Å². The van der Waals surface area contributed by atoms with Crippen LogP contribution in [0, 0.1) is 0 Å². The molecule has 0 bridgehead atoms. The number of aromatic nitrogens is 3. The Morgan fingerprint density at radius 1 is 1.18 bits per heavy atom. The molecule has 0 saturated heterocycles. The molecule has 2 heterocycles. The van der Waals surface area contributed by atoms with Gasteiger partial charge in [-0.1, -0.05) is 41.1 Å². The maximum Gasteiger partial charge on any atom is 0.407 e. The van der Waals surface area contributed by atoms with Crippen molar-refractivity contribution in [3.63, 3.8) is 0 Å². The van der Waals surface area contributed by atoms with Gasteiger partial charge in [-0.15, -0.1) is 15.3 Å². The van der Waals surface area contributed by atoms with Crippen LogP contribution in [0.4, 0.5) is 11.5 Å². The monoisotopic (exact) mass is 453 g/mol. The Morgan fingerprint density at radius 2 is 1.85 bits per heavy atom. The predicted molar refractivity (Wildman–Crippen MR) is 127 cm³/mol. The van der Waals surface area contributed by atoms with E-state index in [0.717, 1.165) is 0 Å². The number of aromatic amines is 1. The highest BCUT2D eigenvalue weighted by Gasteiger charge is 2.30. The second-order valence-electron chi connectivity index (χ2n) is 6.99. The van der Waals surface area contributed by atoms with E-state index in [0.29, 0.717) is 11.4 Å². The molecule has 3 N–H and O–H groups in total. The van der Waals surface area contributed by atoms with Crippen LogP contribution in [0.25, 0.3) is 27.6 Å². The van der Waals surface area contributed by atoms with Crippen molar-refractivity contribution < 1.29 is 14.2 Å². The molecule has 0 aliphatic heterocycles. The van der Waals surface area contributed by atoms with E-state index in [1.54, 1.807) is 61.5 Å². The van der Waals surface area contributed by atoms with Gasteiger partial charge in [-0.2, -0.15) is 0 Å². The summed E-state index contributed by atoms with van der Waals surface area (Å²) < 4.78 is 6.58. The number of carbonyl (C=O) groups is 1. The third-order valence-corrected chi connectivity index (χ3v) is 4.82. The van der Waals surface area contributed by atoms with E-state index in [9.17, 15) is 15.0 Å². The first-order valence-electron chi connectivity index (χ1n) is 10.3. The number of anilines is 1. The first kappa shape index (κ1) is 22.3. The van der Waals surface area contributed by atoms with Crippen LogP contribution < -0.4 is 16.0 Å². The molecule has 10 heteroatoms. The second-order valence-corrected chi connectivity index (χ2v) is 6.99. The Balaban J connectivity index is 1.98. The number of nitrogens with two attached hydrogens (primary N) is 1. The average molecular weight is 453 g/mol. The summed E-state index contributed by atoms with van der Waals surface area (Å²) in [5.74, 6) is 1.09.